The summed E-state index contributed by atoms with van der Waals surface area (Å²) < 4.78 is 7.61. The lowest BCUT2D eigenvalue weighted by molar-refractivity contribution is -0.124. The van der Waals surface area contributed by atoms with E-state index in [9.17, 15) is 4.79 Å². The molecular weight excluding hydrogens is 444 g/mol. The van der Waals surface area contributed by atoms with Crippen LogP contribution < -0.4 is 20.7 Å². The predicted octanol–water partition coefficient (Wildman–Crippen LogP) is 3.69. The number of hydrogen-bond donors (Lipinski definition) is 3. The van der Waals surface area contributed by atoms with Gasteiger partial charge in [0.05, 0.1) is 16.3 Å². The van der Waals surface area contributed by atoms with E-state index in [0.717, 1.165) is 70.0 Å². The molecule has 5 rings (SSSR count). The van der Waals surface area contributed by atoms with Gasteiger partial charge in [-0.25, -0.2) is 0 Å². The highest BCUT2D eigenvalue weighted by Gasteiger charge is 2.24. The largest absolute Gasteiger partial charge is 0.488 e. The molecular formula is C24H27ClN4O2S. The molecule has 2 saturated heterocycles. The topological polar surface area (TPSA) is 75.3 Å². The minimum absolute atomic E-state index is 0.0594. The average Bonchev–Trinajstić information content (AvgIpc) is 3.20. The number of thiophene rings is 1. The number of ether oxygens (including phenoxy) is 1. The summed E-state index contributed by atoms with van der Waals surface area (Å²) in [5.74, 6) is 0.947. The molecule has 2 aliphatic heterocycles. The van der Waals surface area contributed by atoms with E-state index >= 15 is 0 Å². The van der Waals surface area contributed by atoms with Gasteiger partial charge in [-0.15, -0.1) is 11.3 Å². The summed E-state index contributed by atoms with van der Waals surface area (Å²) in [6.07, 6.45) is 4.79. The summed E-state index contributed by atoms with van der Waals surface area (Å²) in [5.41, 5.74) is 4.02. The maximum Gasteiger partial charge on any atom is 0.237 e. The molecule has 8 heteroatoms. The number of piperazine rings is 1. The van der Waals surface area contributed by atoms with Crippen molar-refractivity contribution in [2.24, 2.45) is 0 Å². The number of hydrogen-bond acceptors (Lipinski definition) is 6. The van der Waals surface area contributed by atoms with Gasteiger partial charge in [-0.1, -0.05) is 11.6 Å². The van der Waals surface area contributed by atoms with Gasteiger partial charge in [0, 0.05) is 53.3 Å². The van der Waals surface area contributed by atoms with Gasteiger partial charge >= 0.3 is 0 Å². The van der Waals surface area contributed by atoms with Crippen molar-refractivity contribution >= 4 is 39.1 Å². The number of halogens is 1. The number of aryl methyl sites for hydroxylation is 1. The number of carbonyl (C=O) groups excluding carboxylic acids is 1. The number of amides is 1. The van der Waals surface area contributed by atoms with Crippen molar-refractivity contribution in [2.45, 2.75) is 38.3 Å². The third kappa shape index (κ3) is 4.48. The molecule has 1 amide bonds. The molecule has 2 aromatic heterocycles. The Labute approximate surface area is 196 Å². The zero-order valence-electron chi connectivity index (χ0n) is 18.0. The van der Waals surface area contributed by atoms with Gasteiger partial charge in [-0.05, 0) is 56.1 Å². The van der Waals surface area contributed by atoms with Crippen molar-refractivity contribution in [3.63, 3.8) is 0 Å². The lowest BCUT2D eigenvalue weighted by Crippen LogP contribution is -2.53. The first-order valence-corrected chi connectivity index (χ1v) is 12.3. The summed E-state index contributed by atoms with van der Waals surface area (Å²) in [7, 11) is 0. The minimum atomic E-state index is -0.202. The Balaban J connectivity index is 1.52. The zero-order valence-corrected chi connectivity index (χ0v) is 19.6. The highest BCUT2D eigenvalue weighted by atomic mass is 35.5. The molecule has 0 spiro atoms. The van der Waals surface area contributed by atoms with E-state index < -0.39 is 0 Å². The summed E-state index contributed by atoms with van der Waals surface area (Å²) in [4.78, 5) is 17.9. The Morgan fingerprint density at radius 3 is 2.94 bits per heavy atom. The molecule has 32 heavy (non-hydrogen) atoms. The lowest BCUT2D eigenvalue weighted by atomic mass is 10.0. The van der Waals surface area contributed by atoms with Gasteiger partial charge < -0.3 is 20.7 Å². The summed E-state index contributed by atoms with van der Waals surface area (Å²) >= 11 is 8.17. The average molecular weight is 471 g/mol. The molecule has 3 N–H and O–H groups in total. The Morgan fingerprint density at radius 1 is 1.22 bits per heavy atom. The normalized spacial score (nSPS) is 21.5. The van der Waals surface area contributed by atoms with Gasteiger partial charge in [-0.3, -0.25) is 9.78 Å². The molecule has 0 saturated carbocycles. The maximum absolute atomic E-state index is 12.2. The number of fused-ring (bicyclic) bond motifs is 1. The quantitative estimate of drug-likeness (QED) is 0.530. The standard InChI is InChI=1S/C24H27ClN4O2S/c1-14-9-15(25)10-19(22(14)31-16-3-2-5-26-13-16)18-4-6-27-20-11-17(32-23(18)20)12-21-24(30)29-8-7-28-21/h4,6,9-11,16,21,26,28H,2-3,5,7-8,12-13H2,1H3,(H,29,30)/t16-,21?/m0/s1. The monoisotopic (exact) mass is 470 g/mol. The fraction of sp³-hybridized carbons (Fsp3) is 0.417. The lowest BCUT2D eigenvalue weighted by Gasteiger charge is -2.26. The van der Waals surface area contributed by atoms with Crippen LogP contribution in [0.25, 0.3) is 21.3 Å². The van der Waals surface area contributed by atoms with Gasteiger partial charge in [0.15, 0.2) is 0 Å². The highest BCUT2D eigenvalue weighted by Crippen LogP contribution is 2.42. The molecule has 168 valence electrons. The van der Waals surface area contributed by atoms with Crippen molar-refractivity contribution in [1.82, 2.24) is 20.9 Å². The first-order chi connectivity index (χ1) is 15.6. The number of pyridine rings is 1. The van der Waals surface area contributed by atoms with Crippen LogP contribution in [0.1, 0.15) is 23.3 Å². The Hall–Kier alpha value is -2.19. The molecule has 1 aromatic carbocycles. The van der Waals surface area contributed by atoms with Gasteiger partial charge in [0.1, 0.15) is 11.9 Å². The highest BCUT2D eigenvalue weighted by molar-refractivity contribution is 7.19. The van der Waals surface area contributed by atoms with Crippen molar-refractivity contribution < 1.29 is 9.53 Å². The van der Waals surface area contributed by atoms with Crippen LogP contribution in [0.4, 0.5) is 0 Å². The van der Waals surface area contributed by atoms with Crippen LogP contribution in [0.15, 0.2) is 30.5 Å². The fourth-order valence-corrected chi connectivity index (χ4v) is 5.95. The molecule has 1 unspecified atom stereocenters. The van der Waals surface area contributed by atoms with Crippen molar-refractivity contribution in [3.8, 4) is 16.9 Å². The Kier molecular flexibility index (Phi) is 6.33. The van der Waals surface area contributed by atoms with Crippen LogP contribution >= 0.6 is 22.9 Å². The molecule has 6 nitrogen and oxygen atoms in total. The molecule has 4 heterocycles. The van der Waals surface area contributed by atoms with Gasteiger partial charge in [0.2, 0.25) is 5.91 Å². The Morgan fingerprint density at radius 2 is 2.12 bits per heavy atom. The van der Waals surface area contributed by atoms with Crippen molar-refractivity contribution in [3.05, 3.63) is 45.9 Å². The number of aromatic nitrogens is 1. The van der Waals surface area contributed by atoms with Crippen LogP contribution in [0.2, 0.25) is 5.02 Å². The predicted molar refractivity (Wildman–Crippen MR) is 130 cm³/mol. The maximum atomic E-state index is 12.2. The van der Waals surface area contributed by atoms with Crippen LogP contribution in [0.3, 0.4) is 0 Å². The van der Waals surface area contributed by atoms with E-state index in [0.29, 0.717) is 18.0 Å². The van der Waals surface area contributed by atoms with E-state index in [2.05, 4.69) is 27.0 Å². The van der Waals surface area contributed by atoms with E-state index in [1.54, 1.807) is 11.3 Å². The molecule has 2 aliphatic rings. The number of benzene rings is 1. The minimum Gasteiger partial charge on any atom is -0.488 e. The van der Waals surface area contributed by atoms with E-state index in [1.807, 2.05) is 31.3 Å². The summed E-state index contributed by atoms with van der Waals surface area (Å²) in [5, 5.41) is 10.4. The van der Waals surface area contributed by atoms with Gasteiger partial charge in [0.25, 0.3) is 0 Å². The Bertz CT molecular complexity index is 1140. The SMILES string of the molecule is Cc1cc(Cl)cc(-c2ccnc3cc(CC4NCCNC4=O)sc23)c1O[C@H]1CCCNC1. The smallest absolute Gasteiger partial charge is 0.237 e. The second-order valence-electron chi connectivity index (χ2n) is 8.47. The van der Waals surface area contributed by atoms with E-state index in [4.69, 9.17) is 16.3 Å². The van der Waals surface area contributed by atoms with E-state index in [1.165, 1.54) is 0 Å². The van der Waals surface area contributed by atoms with Crippen LogP contribution in [-0.2, 0) is 11.2 Å². The number of piperidine rings is 1. The number of nitrogens with one attached hydrogen (secondary N) is 3. The molecule has 0 aliphatic carbocycles. The third-order valence-electron chi connectivity index (χ3n) is 6.07. The third-order valence-corrected chi connectivity index (χ3v) is 7.46. The number of carbonyl (C=O) groups is 1. The number of rotatable bonds is 5. The van der Waals surface area contributed by atoms with Gasteiger partial charge in [-0.2, -0.15) is 0 Å². The summed E-state index contributed by atoms with van der Waals surface area (Å²) in [6, 6.07) is 7.87. The first kappa shape index (κ1) is 21.6. The number of nitrogens with zero attached hydrogens (tertiary/aromatic N) is 1. The molecule has 2 fully saturated rings. The molecule has 0 bridgehead atoms. The molecule has 0 radical (unpaired) electrons. The second-order valence-corrected chi connectivity index (χ2v) is 10.0. The second kappa shape index (κ2) is 9.35. The van der Waals surface area contributed by atoms with Crippen molar-refractivity contribution in [2.75, 3.05) is 26.2 Å². The molecule has 2 atom stereocenters. The summed E-state index contributed by atoms with van der Waals surface area (Å²) in [6.45, 7) is 5.42. The van der Waals surface area contributed by atoms with Crippen molar-refractivity contribution in [1.29, 1.82) is 0 Å². The molecule has 3 aromatic rings. The first-order valence-electron chi connectivity index (χ1n) is 11.1. The fourth-order valence-electron chi connectivity index (χ4n) is 4.49. The zero-order chi connectivity index (χ0) is 22.1. The van der Waals surface area contributed by atoms with Crippen LogP contribution in [-0.4, -0.2) is 49.2 Å². The van der Waals surface area contributed by atoms with Crippen LogP contribution in [0, 0.1) is 6.92 Å². The van der Waals surface area contributed by atoms with E-state index in [-0.39, 0.29) is 18.1 Å². The van der Waals surface area contributed by atoms with Crippen LogP contribution in [0.5, 0.6) is 5.75 Å².